The number of hydrogen-bond donors (Lipinski definition) is 1. The molecule has 0 aliphatic carbocycles. The molecule has 1 N–H and O–H groups in total. The zero-order chi connectivity index (χ0) is 26.6. The summed E-state index contributed by atoms with van der Waals surface area (Å²) in [6.07, 6.45) is 0. The van der Waals surface area contributed by atoms with Crippen molar-refractivity contribution in [3.63, 3.8) is 0 Å². The van der Waals surface area contributed by atoms with Gasteiger partial charge < -0.3 is 29.0 Å². The summed E-state index contributed by atoms with van der Waals surface area (Å²) in [5, 5.41) is 11.4. The normalized spacial score (nSPS) is 19.3. The molecule has 0 aromatic heterocycles. The van der Waals surface area contributed by atoms with Crippen LogP contribution in [-0.4, -0.2) is 35.3 Å². The number of carbonyl (C=O) groups is 2. The van der Waals surface area contributed by atoms with Crippen LogP contribution in [-0.2, 0) is 21.5 Å². The summed E-state index contributed by atoms with van der Waals surface area (Å²) in [6.45, 7) is 6.72. The molecule has 1 unspecified atom stereocenters. The van der Waals surface area contributed by atoms with E-state index in [9.17, 15) is 14.7 Å². The first-order valence-corrected chi connectivity index (χ1v) is 12.4. The average Bonchev–Trinajstić information content (AvgIpc) is 3.62. The minimum Gasteiger partial charge on any atom is -0.507 e. The maximum absolute atomic E-state index is 13.4. The van der Waals surface area contributed by atoms with E-state index < -0.39 is 17.7 Å². The molecule has 6 rings (SSSR count). The molecular weight excluding hydrogens is 486 g/mol. The Kier molecular flexibility index (Phi) is 5.56. The van der Waals surface area contributed by atoms with Crippen molar-refractivity contribution < 1.29 is 33.6 Å². The van der Waals surface area contributed by atoms with Crippen LogP contribution in [0.25, 0.3) is 5.76 Å². The van der Waals surface area contributed by atoms with E-state index >= 15 is 0 Å². The number of hydrogen-bond acceptors (Lipinski definition) is 7. The number of carbonyl (C=O) groups excluding carboxylic acids is 2. The molecule has 3 aromatic carbocycles. The summed E-state index contributed by atoms with van der Waals surface area (Å²) in [4.78, 5) is 28.3. The Hall–Kier alpha value is -4.46. The number of ether oxygens (including phenoxy) is 4. The maximum Gasteiger partial charge on any atom is 0.295 e. The number of Topliss-reactive ketones (excluding diaryl/α,β-unsaturated/α-hetero) is 1. The Bertz CT molecular complexity index is 1480. The number of amides is 1. The summed E-state index contributed by atoms with van der Waals surface area (Å²) >= 11 is 0. The minimum absolute atomic E-state index is 0.0260. The van der Waals surface area contributed by atoms with Gasteiger partial charge in [-0.05, 0) is 52.4 Å². The molecule has 1 saturated heterocycles. The summed E-state index contributed by atoms with van der Waals surface area (Å²) in [5.41, 5.74) is 2.93. The first kappa shape index (κ1) is 23.9. The van der Waals surface area contributed by atoms with Gasteiger partial charge in [-0.25, -0.2) is 0 Å². The third-order valence-corrected chi connectivity index (χ3v) is 7.07. The highest BCUT2D eigenvalue weighted by atomic mass is 16.7. The second kappa shape index (κ2) is 8.83. The molecule has 3 heterocycles. The van der Waals surface area contributed by atoms with Crippen LogP contribution >= 0.6 is 0 Å². The van der Waals surface area contributed by atoms with Gasteiger partial charge in [0.2, 0.25) is 13.6 Å². The highest BCUT2D eigenvalue weighted by Gasteiger charge is 2.46. The molecule has 0 bridgehead atoms. The molecular formula is C30H27NO7. The zero-order valence-corrected chi connectivity index (χ0v) is 21.3. The molecule has 1 atom stereocenters. The number of aliphatic hydroxyl groups is 1. The van der Waals surface area contributed by atoms with E-state index in [0.29, 0.717) is 28.6 Å². The van der Waals surface area contributed by atoms with Crippen LogP contribution in [0, 0.1) is 0 Å². The van der Waals surface area contributed by atoms with Gasteiger partial charge in [0, 0.05) is 12.1 Å². The van der Waals surface area contributed by atoms with Crippen LogP contribution in [0.1, 0.15) is 49.1 Å². The van der Waals surface area contributed by atoms with Crippen molar-refractivity contribution in [3.8, 4) is 23.0 Å². The van der Waals surface area contributed by atoms with E-state index in [4.69, 9.17) is 18.9 Å². The largest absolute Gasteiger partial charge is 0.507 e. The standard InChI is InChI=1S/C30H27NO7/c1-30(2,3)20-8-5-18(6-9-20)26-25(27(32)19-7-11-22-24(13-19)38-16-36-22)28(33)29(34)31(26)14-17-4-10-21-23(12-17)37-15-35-21/h4-13,26,32H,14-16H2,1-3H3/b27-25-. The molecule has 1 fully saturated rings. The molecule has 8 nitrogen and oxygen atoms in total. The molecule has 0 radical (unpaired) electrons. The third kappa shape index (κ3) is 4.02. The van der Waals surface area contributed by atoms with Crippen molar-refractivity contribution in [1.82, 2.24) is 4.90 Å². The van der Waals surface area contributed by atoms with Gasteiger partial charge in [-0.2, -0.15) is 0 Å². The van der Waals surface area contributed by atoms with Crippen molar-refractivity contribution in [1.29, 1.82) is 0 Å². The van der Waals surface area contributed by atoms with Crippen molar-refractivity contribution >= 4 is 17.4 Å². The van der Waals surface area contributed by atoms with Gasteiger partial charge in [-0.15, -0.1) is 0 Å². The van der Waals surface area contributed by atoms with Crippen molar-refractivity contribution in [2.45, 2.75) is 38.8 Å². The molecule has 194 valence electrons. The lowest BCUT2D eigenvalue weighted by molar-refractivity contribution is -0.140. The number of fused-ring (bicyclic) bond motifs is 2. The Balaban J connectivity index is 1.45. The van der Waals surface area contributed by atoms with Crippen molar-refractivity contribution in [2.24, 2.45) is 0 Å². The van der Waals surface area contributed by atoms with Gasteiger partial charge in [-0.1, -0.05) is 51.1 Å². The molecule has 8 heteroatoms. The second-order valence-electron chi connectivity index (χ2n) is 10.6. The SMILES string of the molecule is CC(C)(C)c1ccc(C2/C(=C(/O)c3ccc4c(c3)OCO4)C(=O)C(=O)N2Cc2ccc3c(c2)OCO3)cc1. The van der Waals surface area contributed by atoms with E-state index in [-0.39, 0.29) is 36.9 Å². The lowest BCUT2D eigenvalue weighted by Gasteiger charge is -2.26. The summed E-state index contributed by atoms with van der Waals surface area (Å²) in [7, 11) is 0. The Morgan fingerprint density at radius 1 is 0.842 bits per heavy atom. The minimum atomic E-state index is -0.792. The summed E-state index contributed by atoms with van der Waals surface area (Å²) in [5.74, 6) is 0.549. The van der Waals surface area contributed by atoms with Crippen LogP contribution in [0.4, 0.5) is 0 Å². The van der Waals surface area contributed by atoms with Gasteiger partial charge >= 0.3 is 0 Å². The lowest BCUT2D eigenvalue weighted by atomic mass is 9.85. The fourth-order valence-corrected chi connectivity index (χ4v) is 4.99. The zero-order valence-electron chi connectivity index (χ0n) is 21.3. The topological polar surface area (TPSA) is 94.5 Å². The Labute approximate surface area is 220 Å². The van der Waals surface area contributed by atoms with E-state index in [0.717, 1.165) is 16.7 Å². The number of aliphatic hydroxyl groups excluding tert-OH is 1. The number of benzene rings is 3. The summed E-state index contributed by atoms with van der Waals surface area (Å²) < 4.78 is 21.7. The van der Waals surface area contributed by atoms with Crippen LogP contribution in [0.3, 0.4) is 0 Å². The van der Waals surface area contributed by atoms with Crippen LogP contribution in [0.2, 0.25) is 0 Å². The molecule has 38 heavy (non-hydrogen) atoms. The van der Waals surface area contributed by atoms with E-state index in [2.05, 4.69) is 20.8 Å². The average molecular weight is 514 g/mol. The molecule has 1 amide bonds. The van der Waals surface area contributed by atoms with Crippen molar-refractivity contribution in [3.05, 3.63) is 88.5 Å². The maximum atomic E-state index is 13.4. The van der Waals surface area contributed by atoms with Crippen LogP contribution in [0.15, 0.2) is 66.2 Å². The number of likely N-dealkylation sites (tertiary alicyclic amines) is 1. The first-order valence-electron chi connectivity index (χ1n) is 12.4. The quantitative estimate of drug-likeness (QED) is 0.296. The van der Waals surface area contributed by atoms with Gasteiger partial charge in [0.25, 0.3) is 11.7 Å². The van der Waals surface area contributed by atoms with Crippen molar-refractivity contribution in [2.75, 3.05) is 13.6 Å². The highest BCUT2D eigenvalue weighted by Crippen LogP contribution is 2.43. The van der Waals surface area contributed by atoms with Gasteiger partial charge in [0.05, 0.1) is 11.6 Å². The molecule has 3 aromatic rings. The monoisotopic (exact) mass is 513 g/mol. The molecule has 0 saturated carbocycles. The molecule has 3 aliphatic heterocycles. The lowest BCUT2D eigenvalue weighted by Crippen LogP contribution is -2.29. The number of rotatable bonds is 4. The van der Waals surface area contributed by atoms with Gasteiger partial charge in [0.15, 0.2) is 23.0 Å². The van der Waals surface area contributed by atoms with Crippen LogP contribution < -0.4 is 18.9 Å². The predicted molar refractivity (Wildman–Crippen MR) is 138 cm³/mol. The Morgan fingerprint density at radius 2 is 1.45 bits per heavy atom. The van der Waals surface area contributed by atoms with E-state index in [1.54, 1.807) is 30.3 Å². The molecule has 3 aliphatic rings. The van der Waals surface area contributed by atoms with Gasteiger partial charge in [-0.3, -0.25) is 9.59 Å². The van der Waals surface area contributed by atoms with E-state index in [1.807, 2.05) is 30.3 Å². The fourth-order valence-electron chi connectivity index (χ4n) is 4.99. The number of ketones is 1. The Morgan fingerprint density at radius 3 is 2.11 bits per heavy atom. The predicted octanol–water partition coefficient (Wildman–Crippen LogP) is 5.06. The molecule has 0 spiro atoms. The first-order chi connectivity index (χ1) is 18.2. The fraction of sp³-hybridized carbons (Fsp3) is 0.267. The highest BCUT2D eigenvalue weighted by molar-refractivity contribution is 6.46. The van der Waals surface area contributed by atoms with Gasteiger partial charge in [0.1, 0.15) is 5.76 Å². The third-order valence-electron chi connectivity index (χ3n) is 7.07. The summed E-state index contributed by atoms with van der Waals surface area (Å²) in [6, 6.07) is 17.4. The second-order valence-corrected chi connectivity index (χ2v) is 10.6. The smallest absolute Gasteiger partial charge is 0.295 e. The van der Waals surface area contributed by atoms with E-state index in [1.165, 1.54) is 4.90 Å². The number of nitrogens with zero attached hydrogens (tertiary/aromatic N) is 1. The van der Waals surface area contributed by atoms with Crippen LogP contribution in [0.5, 0.6) is 23.0 Å².